The third kappa shape index (κ3) is 3.77. The molecule has 0 unspecified atom stereocenters. The minimum Gasteiger partial charge on any atom is -0.481 e. The van der Waals surface area contributed by atoms with Crippen LogP contribution in [0.15, 0.2) is 24.3 Å². The maximum absolute atomic E-state index is 13.1. The SMILES string of the molecule is CN(Cc1cccc(F)c1)C1CCC(C(=O)O)CC1. The Morgan fingerprint density at radius 3 is 2.63 bits per heavy atom. The molecule has 0 amide bonds. The second-order valence-electron chi connectivity index (χ2n) is 5.39. The van der Waals surface area contributed by atoms with E-state index in [0.29, 0.717) is 12.6 Å². The predicted octanol–water partition coefficient (Wildman–Crippen LogP) is 2.90. The molecule has 1 aromatic rings. The molecular formula is C15H20FNO2. The number of nitrogens with zero attached hydrogens (tertiary/aromatic N) is 1. The molecule has 1 fully saturated rings. The van der Waals surface area contributed by atoms with E-state index in [1.165, 1.54) is 6.07 Å². The number of aliphatic carboxylic acids is 1. The number of carboxylic acids is 1. The third-order valence-electron chi connectivity index (χ3n) is 3.99. The summed E-state index contributed by atoms with van der Waals surface area (Å²) in [5.74, 6) is -1.06. The Morgan fingerprint density at radius 1 is 1.37 bits per heavy atom. The number of hydrogen-bond donors (Lipinski definition) is 1. The van der Waals surface area contributed by atoms with Gasteiger partial charge in [-0.1, -0.05) is 12.1 Å². The number of rotatable bonds is 4. The Labute approximate surface area is 113 Å². The van der Waals surface area contributed by atoms with E-state index in [2.05, 4.69) is 4.90 Å². The van der Waals surface area contributed by atoms with Crippen molar-refractivity contribution in [3.8, 4) is 0 Å². The van der Waals surface area contributed by atoms with Crippen molar-refractivity contribution in [3.63, 3.8) is 0 Å². The summed E-state index contributed by atoms with van der Waals surface area (Å²) in [5.41, 5.74) is 0.961. The Morgan fingerprint density at radius 2 is 2.05 bits per heavy atom. The third-order valence-corrected chi connectivity index (χ3v) is 3.99. The largest absolute Gasteiger partial charge is 0.481 e. The molecule has 1 aromatic carbocycles. The zero-order valence-electron chi connectivity index (χ0n) is 11.2. The van der Waals surface area contributed by atoms with Gasteiger partial charge in [-0.2, -0.15) is 0 Å². The number of benzene rings is 1. The molecule has 19 heavy (non-hydrogen) atoms. The van der Waals surface area contributed by atoms with Gasteiger partial charge in [-0.25, -0.2) is 4.39 Å². The zero-order chi connectivity index (χ0) is 13.8. The quantitative estimate of drug-likeness (QED) is 0.910. The lowest BCUT2D eigenvalue weighted by molar-refractivity contribution is -0.143. The van der Waals surface area contributed by atoms with Crippen LogP contribution in [0.2, 0.25) is 0 Å². The topological polar surface area (TPSA) is 40.5 Å². The summed E-state index contributed by atoms with van der Waals surface area (Å²) in [4.78, 5) is 13.1. The molecule has 3 nitrogen and oxygen atoms in total. The Hall–Kier alpha value is -1.42. The molecule has 0 atom stereocenters. The summed E-state index contributed by atoms with van der Waals surface area (Å²) in [7, 11) is 2.02. The van der Waals surface area contributed by atoms with Crippen molar-refractivity contribution in [1.29, 1.82) is 0 Å². The van der Waals surface area contributed by atoms with Crippen molar-refractivity contribution in [2.75, 3.05) is 7.05 Å². The first-order valence-corrected chi connectivity index (χ1v) is 6.73. The molecule has 0 saturated heterocycles. The smallest absolute Gasteiger partial charge is 0.306 e. The molecule has 0 aromatic heterocycles. The first-order chi connectivity index (χ1) is 9.06. The highest BCUT2D eigenvalue weighted by atomic mass is 19.1. The summed E-state index contributed by atoms with van der Waals surface area (Å²) >= 11 is 0. The zero-order valence-corrected chi connectivity index (χ0v) is 11.2. The fraction of sp³-hybridized carbons (Fsp3) is 0.533. The summed E-state index contributed by atoms with van der Waals surface area (Å²) in [6.45, 7) is 0.708. The molecule has 1 N–H and O–H groups in total. The average Bonchev–Trinajstić information content (AvgIpc) is 2.39. The van der Waals surface area contributed by atoms with Crippen molar-refractivity contribution in [2.24, 2.45) is 5.92 Å². The van der Waals surface area contributed by atoms with Crippen LogP contribution < -0.4 is 0 Å². The average molecular weight is 265 g/mol. The van der Waals surface area contributed by atoms with Crippen LogP contribution in [0.25, 0.3) is 0 Å². The molecule has 0 bridgehead atoms. The molecule has 1 saturated carbocycles. The molecule has 0 heterocycles. The van der Waals surface area contributed by atoms with Crippen molar-refractivity contribution >= 4 is 5.97 Å². The molecule has 104 valence electrons. The molecule has 2 rings (SSSR count). The Kier molecular flexibility index (Phi) is 4.53. The van der Waals surface area contributed by atoms with Gasteiger partial charge in [-0.3, -0.25) is 9.69 Å². The fourth-order valence-electron chi connectivity index (χ4n) is 2.82. The van der Waals surface area contributed by atoms with Gasteiger partial charge in [0.05, 0.1) is 5.92 Å². The van der Waals surface area contributed by atoms with Gasteiger partial charge in [0.1, 0.15) is 5.82 Å². The van der Waals surface area contributed by atoms with E-state index in [-0.39, 0.29) is 11.7 Å². The van der Waals surface area contributed by atoms with Crippen LogP contribution in [0.4, 0.5) is 4.39 Å². The first kappa shape index (κ1) is 14.0. The van der Waals surface area contributed by atoms with Crippen LogP contribution in [0.5, 0.6) is 0 Å². The Balaban J connectivity index is 1.88. The van der Waals surface area contributed by atoms with E-state index in [1.54, 1.807) is 12.1 Å². The van der Waals surface area contributed by atoms with E-state index < -0.39 is 5.97 Å². The van der Waals surface area contributed by atoms with Crippen molar-refractivity contribution in [3.05, 3.63) is 35.6 Å². The monoisotopic (exact) mass is 265 g/mol. The normalized spacial score (nSPS) is 23.5. The van der Waals surface area contributed by atoms with Gasteiger partial charge in [0.2, 0.25) is 0 Å². The second-order valence-corrected chi connectivity index (χ2v) is 5.39. The van der Waals surface area contributed by atoms with Crippen LogP contribution in [-0.2, 0) is 11.3 Å². The molecular weight excluding hydrogens is 245 g/mol. The number of carbonyl (C=O) groups is 1. The second kappa shape index (κ2) is 6.15. The van der Waals surface area contributed by atoms with Crippen LogP contribution in [-0.4, -0.2) is 29.1 Å². The predicted molar refractivity (Wildman–Crippen MR) is 71.2 cm³/mol. The minimum absolute atomic E-state index is 0.182. The molecule has 1 aliphatic carbocycles. The minimum atomic E-state index is -0.675. The number of carboxylic acid groups (broad SMARTS) is 1. The summed E-state index contributed by atoms with van der Waals surface area (Å²) in [6, 6.07) is 7.04. The van der Waals surface area contributed by atoms with Crippen LogP contribution in [0.1, 0.15) is 31.2 Å². The maximum atomic E-state index is 13.1. The van der Waals surface area contributed by atoms with Gasteiger partial charge in [-0.05, 0) is 50.4 Å². The highest BCUT2D eigenvalue weighted by Gasteiger charge is 2.27. The van der Waals surface area contributed by atoms with Gasteiger partial charge < -0.3 is 5.11 Å². The van der Waals surface area contributed by atoms with Crippen molar-refractivity contribution < 1.29 is 14.3 Å². The summed E-state index contributed by atoms with van der Waals surface area (Å²) in [6.07, 6.45) is 3.30. The lowest BCUT2D eigenvalue weighted by Crippen LogP contribution is -2.36. The lowest BCUT2D eigenvalue weighted by atomic mass is 9.85. The lowest BCUT2D eigenvalue weighted by Gasteiger charge is -2.33. The Bertz CT molecular complexity index is 442. The van der Waals surface area contributed by atoms with E-state index in [1.807, 2.05) is 13.1 Å². The van der Waals surface area contributed by atoms with Crippen molar-refractivity contribution in [1.82, 2.24) is 4.90 Å². The first-order valence-electron chi connectivity index (χ1n) is 6.73. The van der Waals surface area contributed by atoms with Gasteiger partial charge >= 0.3 is 5.97 Å². The highest BCUT2D eigenvalue weighted by Crippen LogP contribution is 2.27. The molecule has 4 heteroatoms. The standard InChI is InChI=1S/C15H20FNO2/c1-17(10-11-3-2-4-13(16)9-11)14-7-5-12(6-8-14)15(18)19/h2-4,9,12,14H,5-8,10H2,1H3,(H,18,19). The van der Waals surface area contributed by atoms with Gasteiger partial charge in [0.15, 0.2) is 0 Å². The highest BCUT2D eigenvalue weighted by molar-refractivity contribution is 5.70. The summed E-state index contributed by atoms with van der Waals surface area (Å²) < 4.78 is 13.1. The van der Waals surface area contributed by atoms with E-state index >= 15 is 0 Å². The molecule has 0 spiro atoms. The fourth-order valence-corrected chi connectivity index (χ4v) is 2.82. The van der Waals surface area contributed by atoms with E-state index in [0.717, 1.165) is 31.2 Å². The van der Waals surface area contributed by atoms with Crippen LogP contribution in [0.3, 0.4) is 0 Å². The van der Waals surface area contributed by atoms with Crippen molar-refractivity contribution in [2.45, 2.75) is 38.3 Å². The van der Waals surface area contributed by atoms with Crippen LogP contribution in [0, 0.1) is 11.7 Å². The number of hydrogen-bond acceptors (Lipinski definition) is 2. The van der Waals surface area contributed by atoms with E-state index in [9.17, 15) is 9.18 Å². The molecule has 0 radical (unpaired) electrons. The van der Waals surface area contributed by atoms with Gasteiger partial charge in [0, 0.05) is 12.6 Å². The summed E-state index contributed by atoms with van der Waals surface area (Å²) in [5, 5.41) is 8.97. The van der Waals surface area contributed by atoms with Crippen LogP contribution >= 0.6 is 0 Å². The maximum Gasteiger partial charge on any atom is 0.306 e. The van der Waals surface area contributed by atoms with Gasteiger partial charge in [-0.15, -0.1) is 0 Å². The molecule has 0 aliphatic heterocycles. The molecule has 1 aliphatic rings. The van der Waals surface area contributed by atoms with Gasteiger partial charge in [0.25, 0.3) is 0 Å². The number of halogens is 1. The van der Waals surface area contributed by atoms with E-state index in [4.69, 9.17) is 5.11 Å².